The minimum absolute atomic E-state index is 0.897. The van der Waals surface area contributed by atoms with E-state index in [9.17, 15) is 0 Å². The van der Waals surface area contributed by atoms with Gasteiger partial charge in [0.2, 0.25) is 0 Å². The van der Waals surface area contributed by atoms with Gasteiger partial charge in [0, 0.05) is 19.3 Å². The number of hydrogen-bond acceptors (Lipinski definition) is 2. The second-order valence-electron chi connectivity index (χ2n) is 4.78. The van der Waals surface area contributed by atoms with Crippen molar-refractivity contribution in [2.75, 3.05) is 18.0 Å². The molecule has 0 aromatic carbocycles. The number of unbranched alkanes of at least 4 members (excludes halogenated alkanes) is 2. The first kappa shape index (κ1) is 11.4. The highest BCUT2D eigenvalue weighted by atomic mass is 15.2. The maximum absolute atomic E-state index is 4.42. The van der Waals surface area contributed by atoms with Gasteiger partial charge in [0.1, 0.15) is 5.82 Å². The third kappa shape index (κ3) is 2.97. The zero-order valence-corrected chi connectivity index (χ0v) is 10.2. The van der Waals surface area contributed by atoms with E-state index in [0.29, 0.717) is 0 Å². The number of pyridine rings is 1. The number of aromatic nitrogens is 1. The highest BCUT2D eigenvalue weighted by Gasteiger charge is 2.22. The van der Waals surface area contributed by atoms with Crippen molar-refractivity contribution in [3.05, 3.63) is 24.4 Å². The van der Waals surface area contributed by atoms with Crippen LogP contribution in [0.15, 0.2) is 24.4 Å². The lowest BCUT2D eigenvalue weighted by atomic mass is 10.0. The molecule has 1 fully saturated rings. The van der Waals surface area contributed by atoms with Crippen LogP contribution in [0.25, 0.3) is 0 Å². The number of anilines is 1. The maximum atomic E-state index is 4.42. The minimum Gasteiger partial charge on any atom is -0.356 e. The van der Waals surface area contributed by atoms with Gasteiger partial charge in [0.05, 0.1) is 0 Å². The van der Waals surface area contributed by atoms with Gasteiger partial charge in [-0.05, 0) is 30.9 Å². The topological polar surface area (TPSA) is 16.1 Å². The average Bonchev–Trinajstić information content (AvgIpc) is 2.79. The van der Waals surface area contributed by atoms with E-state index in [1.165, 1.54) is 45.2 Å². The van der Waals surface area contributed by atoms with Gasteiger partial charge >= 0.3 is 0 Å². The summed E-state index contributed by atoms with van der Waals surface area (Å²) >= 11 is 0. The molecular formula is C14H22N2. The first-order chi connectivity index (χ1) is 7.90. The molecule has 0 spiro atoms. The Morgan fingerprint density at radius 3 is 3.06 bits per heavy atom. The lowest BCUT2D eigenvalue weighted by Gasteiger charge is -2.17. The van der Waals surface area contributed by atoms with E-state index in [-0.39, 0.29) is 0 Å². The fraction of sp³-hybridized carbons (Fsp3) is 0.643. The van der Waals surface area contributed by atoms with Crippen LogP contribution in [0.1, 0.15) is 39.0 Å². The summed E-state index contributed by atoms with van der Waals surface area (Å²) in [5, 5.41) is 0. The Labute approximate surface area is 98.7 Å². The van der Waals surface area contributed by atoms with E-state index in [2.05, 4.69) is 28.9 Å². The van der Waals surface area contributed by atoms with E-state index < -0.39 is 0 Å². The van der Waals surface area contributed by atoms with Crippen LogP contribution in [0.4, 0.5) is 5.82 Å². The Morgan fingerprint density at radius 1 is 1.38 bits per heavy atom. The lowest BCUT2D eigenvalue weighted by Crippen LogP contribution is -2.20. The summed E-state index contributed by atoms with van der Waals surface area (Å²) in [6, 6.07) is 6.18. The molecule has 0 N–H and O–H groups in total. The second kappa shape index (κ2) is 5.88. The molecular weight excluding hydrogens is 196 g/mol. The molecule has 1 aliphatic heterocycles. The Bertz CT molecular complexity index is 297. The average molecular weight is 218 g/mol. The van der Waals surface area contributed by atoms with E-state index >= 15 is 0 Å². The van der Waals surface area contributed by atoms with Crippen molar-refractivity contribution in [3.63, 3.8) is 0 Å². The molecule has 1 unspecified atom stereocenters. The van der Waals surface area contributed by atoms with Crippen molar-refractivity contribution in [1.82, 2.24) is 4.98 Å². The standard InChI is InChI=1S/C14H22N2/c1-2-3-4-7-13-9-11-16(12-13)14-8-5-6-10-15-14/h5-6,8,10,13H,2-4,7,9,11-12H2,1H3. The molecule has 88 valence electrons. The number of rotatable bonds is 5. The second-order valence-corrected chi connectivity index (χ2v) is 4.78. The molecule has 0 bridgehead atoms. The molecule has 1 atom stereocenters. The molecule has 0 radical (unpaired) electrons. The van der Waals surface area contributed by atoms with Crippen LogP contribution < -0.4 is 4.90 Å². The molecule has 1 aliphatic rings. The Morgan fingerprint density at radius 2 is 2.31 bits per heavy atom. The summed E-state index contributed by atoms with van der Waals surface area (Å²) < 4.78 is 0. The summed E-state index contributed by atoms with van der Waals surface area (Å²) in [7, 11) is 0. The molecule has 2 nitrogen and oxygen atoms in total. The van der Waals surface area contributed by atoms with Gasteiger partial charge in [-0.25, -0.2) is 4.98 Å². The Hall–Kier alpha value is -1.05. The Kier molecular flexibility index (Phi) is 4.20. The summed E-state index contributed by atoms with van der Waals surface area (Å²) in [5.74, 6) is 2.05. The number of hydrogen-bond donors (Lipinski definition) is 0. The first-order valence-electron chi connectivity index (χ1n) is 6.56. The fourth-order valence-corrected chi connectivity index (χ4v) is 2.50. The molecule has 0 aliphatic carbocycles. The van der Waals surface area contributed by atoms with E-state index in [1.807, 2.05) is 12.3 Å². The SMILES string of the molecule is CCCCCC1CCN(c2ccccn2)C1. The van der Waals surface area contributed by atoms with Gasteiger partial charge < -0.3 is 4.90 Å². The van der Waals surface area contributed by atoms with Crippen LogP contribution in [-0.2, 0) is 0 Å². The largest absolute Gasteiger partial charge is 0.356 e. The van der Waals surface area contributed by atoms with Gasteiger partial charge in [-0.2, -0.15) is 0 Å². The van der Waals surface area contributed by atoms with Crippen molar-refractivity contribution in [3.8, 4) is 0 Å². The van der Waals surface area contributed by atoms with Crippen LogP contribution in [0, 0.1) is 5.92 Å². The van der Waals surface area contributed by atoms with Crippen LogP contribution in [-0.4, -0.2) is 18.1 Å². The highest BCUT2D eigenvalue weighted by Crippen LogP contribution is 2.25. The van der Waals surface area contributed by atoms with Gasteiger partial charge in [0.25, 0.3) is 0 Å². The van der Waals surface area contributed by atoms with Crippen molar-refractivity contribution in [2.24, 2.45) is 5.92 Å². The summed E-state index contributed by atoms with van der Waals surface area (Å²) in [4.78, 5) is 6.84. The van der Waals surface area contributed by atoms with E-state index in [0.717, 1.165) is 11.7 Å². The summed E-state index contributed by atoms with van der Waals surface area (Å²) in [6.07, 6.45) is 8.76. The van der Waals surface area contributed by atoms with E-state index in [4.69, 9.17) is 0 Å². The summed E-state index contributed by atoms with van der Waals surface area (Å²) in [5.41, 5.74) is 0. The fourth-order valence-electron chi connectivity index (χ4n) is 2.50. The molecule has 1 aromatic heterocycles. The zero-order chi connectivity index (χ0) is 11.2. The van der Waals surface area contributed by atoms with Gasteiger partial charge in [-0.15, -0.1) is 0 Å². The lowest BCUT2D eigenvalue weighted by molar-refractivity contribution is 0.499. The predicted molar refractivity (Wildman–Crippen MR) is 68.7 cm³/mol. The first-order valence-corrected chi connectivity index (χ1v) is 6.56. The quantitative estimate of drug-likeness (QED) is 0.703. The minimum atomic E-state index is 0.897. The molecule has 1 saturated heterocycles. The third-order valence-corrected chi connectivity index (χ3v) is 3.48. The van der Waals surface area contributed by atoms with E-state index in [1.54, 1.807) is 0 Å². The van der Waals surface area contributed by atoms with Crippen molar-refractivity contribution >= 4 is 5.82 Å². The van der Waals surface area contributed by atoms with Gasteiger partial charge in [-0.1, -0.05) is 32.3 Å². The van der Waals surface area contributed by atoms with Crippen LogP contribution in [0.2, 0.25) is 0 Å². The molecule has 0 saturated carbocycles. The van der Waals surface area contributed by atoms with Crippen molar-refractivity contribution in [2.45, 2.75) is 39.0 Å². The van der Waals surface area contributed by atoms with Crippen molar-refractivity contribution in [1.29, 1.82) is 0 Å². The molecule has 2 heterocycles. The van der Waals surface area contributed by atoms with Crippen LogP contribution >= 0.6 is 0 Å². The van der Waals surface area contributed by atoms with Gasteiger partial charge in [0.15, 0.2) is 0 Å². The maximum Gasteiger partial charge on any atom is 0.128 e. The molecule has 2 rings (SSSR count). The zero-order valence-electron chi connectivity index (χ0n) is 10.2. The van der Waals surface area contributed by atoms with Crippen LogP contribution in [0.5, 0.6) is 0 Å². The molecule has 2 heteroatoms. The highest BCUT2D eigenvalue weighted by molar-refractivity contribution is 5.38. The molecule has 0 amide bonds. The predicted octanol–water partition coefficient (Wildman–Crippen LogP) is 3.49. The van der Waals surface area contributed by atoms with Gasteiger partial charge in [-0.3, -0.25) is 0 Å². The number of nitrogens with zero attached hydrogens (tertiary/aromatic N) is 2. The summed E-state index contributed by atoms with van der Waals surface area (Å²) in [6.45, 7) is 4.67. The smallest absolute Gasteiger partial charge is 0.128 e. The monoisotopic (exact) mass is 218 g/mol. The third-order valence-electron chi connectivity index (χ3n) is 3.48. The van der Waals surface area contributed by atoms with Crippen LogP contribution in [0.3, 0.4) is 0 Å². The van der Waals surface area contributed by atoms with Crippen molar-refractivity contribution < 1.29 is 0 Å². The molecule has 1 aromatic rings. The normalized spacial score (nSPS) is 20.3. The Balaban J connectivity index is 1.79. The molecule has 16 heavy (non-hydrogen) atoms.